The summed E-state index contributed by atoms with van der Waals surface area (Å²) in [5, 5.41) is 1.29. The van der Waals surface area contributed by atoms with Crippen molar-refractivity contribution in [1.82, 2.24) is 14.5 Å². The molecule has 1 aliphatic carbocycles. The largest absolute Gasteiger partial charge is 0.330 e. The molecule has 1 saturated heterocycles. The Morgan fingerprint density at radius 1 is 1.07 bits per heavy atom. The minimum Gasteiger partial charge on any atom is -0.330 e. The molecule has 4 nitrogen and oxygen atoms in total. The molecule has 148 valence electrons. The minimum absolute atomic E-state index is 0.581. The fourth-order valence-electron chi connectivity index (χ4n) is 5.45. The summed E-state index contributed by atoms with van der Waals surface area (Å²) >= 11 is 0. The fourth-order valence-corrected chi connectivity index (χ4v) is 5.45. The summed E-state index contributed by atoms with van der Waals surface area (Å²) in [6.07, 6.45) is 13.3. The summed E-state index contributed by atoms with van der Waals surface area (Å²) in [5.41, 5.74) is 8.34. The Bertz CT molecular complexity index is 734. The van der Waals surface area contributed by atoms with Crippen LogP contribution in [0.5, 0.6) is 0 Å². The van der Waals surface area contributed by atoms with Crippen LogP contribution in [0.25, 0.3) is 11.0 Å². The highest BCUT2D eigenvalue weighted by atomic mass is 15.2. The summed E-state index contributed by atoms with van der Waals surface area (Å²) < 4.78 is 2.45. The van der Waals surface area contributed by atoms with E-state index in [-0.39, 0.29) is 0 Å². The lowest BCUT2D eigenvalue weighted by molar-refractivity contribution is 0.0893. The lowest BCUT2D eigenvalue weighted by Gasteiger charge is -2.41. The number of nitrogens with two attached hydrogens (primary N) is 1. The van der Waals surface area contributed by atoms with Crippen molar-refractivity contribution in [1.29, 1.82) is 0 Å². The van der Waals surface area contributed by atoms with E-state index < -0.39 is 0 Å². The van der Waals surface area contributed by atoms with E-state index in [0.717, 1.165) is 29.9 Å². The van der Waals surface area contributed by atoms with Gasteiger partial charge in [-0.15, -0.1) is 0 Å². The number of nitrogens with zero attached hydrogens (tertiary/aromatic N) is 3. The van der Waals surface area contributed by atoms with Crippen molar-refractivity contribution < 1.29 is 0 Å². The molecule has 2 aromatic heterocycles. The summed E-state index contributed by atoms with van der Waals surface area (Å²) in [5.74, 6) is 1.81. The van der Waals surface area contributed by atoms with Gasteiger partial charge < -0.3 is 15.2 Å². The fraction of sp³-hybridized carbons (Fsp3) is 0.696. The average molecular weight is 369 g/mol. The third-order valence-electron chi connectivity index (χ3n) is 7.18. The Balaban J connectivity index is 1.41. The Morgan fingerprint density at radius 2 is 1.81 bits per heavy atom. The summed E-state index contributed by atoms with van der Waals surface area (Å²) in [7, 11) is 0. The molecule has 0 aromatic carbocycles. The third-order valence-corrected chi connectivity index (χ3v) is 7.18. The molecule has 2 N–H and O–H groups in total. The maximum atomic E-state index is 5.83. The molecule has 0 radical (unpaired) electrons. The van der Waals surface area contributed by atoms with Crippen molar-refractivity contribution in [2.75, 3.05) is 19.6 Å². The molecule has 4 rings (SSSR count). The Kier molecular flexibility index (Phi) is 5.84. The van der Waals surface area contributed by atoms with E-state index in [0.29, 0.717) is 12.6 Å². The molecule has 0 atom stereocenters. The van der Waals surface area contributed by atoms with Crippen molar-refractivity contribution in [3.63, 3.8) is 0 Å². The second kappa shape index (κ2) is 8.32. The molecule has 3 heterocycles. The molecule has 0 unspecified atom stereocenters. The topological polar surface area (TPSA) is 47.1 Å². The average Bonchev–Trinajstić information content (AvgIpc) is 3.07. The number of hydrogen-bond donors (Lipinski definition) is 1. The van der Waals surface area contributed by atoms with E-state index in [2.05, 4.69) is 35.6 Å². The van der Waals surface area contributed by atoms with E-state index in [1.54, 1.807) is 0 Å². The van der Waals surface area contributed by atoms with Crippen LogP contribution in [0.15, 0.2) is 24.5 Å². The van der Waals surface area contributed by atoms with E-state index in [1.807, 2.05) is 12.3 Å². The van der Waals surface area contributed by atoms with Crippen LogP contribution in [0.3, 0.4) is 0 Å². The van der Waals surface area contributed by atoms with Crippen LogP contribution in [0, 0.1) is 11.8 Å². The van der Waals surface area contributed by atoms with Gasteiger partial charge in [-0.1, -0.05) is 13.8 Å². The molecule has 0 spiro atoms. The number of likely N-dealkylation sites (tertiary alicyclic amines) is 1. The van der Waals surface area contributed by atoms with Gasteiger partial charge >= 0.3 is 0 Å². The number of pyridine rings is 1. The third kappa shape index (κ3) is 3.93. The molecule has 0 amide bonds. The molecule has 1 saturated carbocycles. The summed E-state index contributed by atoms with van der Waals surface area (Å²) in [4.78, 5) is 7.49. The lowest BCUT2D eigenvalue weighted by atomic mass is 9.79. The lowest BCUT2D eigenvalue weighted by Crippen LogP contribution is -2.43. The first-order valence-corrected chi connectivity index (χ1v) is 11.1. The SMILES string of the molecule is CC(C)C1CCC(N2CCC(n3cc(CCN)c4cccnc43)CC2)CC1. The molecule has 1 aliphatic heterocycles. The highest BCUT2D eigenvalue weighted by Crippen LogP contribution is 2.35. The van der Waals surface area contributed by atoms with Crippen LogP contribution in [0.2, 0.25) is 0 Å². The van der Waals surface area contributed by atoms with Gasteiger partial charge in [-0.3, -0.25) is 0 Å². The minimum atomic E-state index is 0.581. The highest BCUT2D eigenvalue weighted by Gasteiger charge is 2.30. The van der Waals surface area contributed by atoms with Crippen LogP contribution in [0.4, 0.5) is 0 Å². The van der Waals surface area contributed by atoms with Crippen LogP contribution < -0.4 is 5.73 Å². The number of hydrogen-bond acceptors (Lipinski definition) is 3. The van der Waals surface area contributed by atoms with Crippen LogP contribution in [-0.2, 0) is 6.42 Å². The van der Waals surface area contributed by atoms with E-state index in [1.165, 1.54) is 62.6 Å². The van der Waals surface area contributed by atoms with Gasteiger partial charge in [0.2, 0.25) is 0 Å². The molecule has 2 aliphatic rings. The van der Waals surface area contributed by atoms with Gasteiger partial charge in [-0.2, -0.15) is 0 Å². The van der Waals surface area contributed by atoms with Gasteiger partial charge in [0.1, 0.15) is 5.65 Å². The van der Waals surface area contributed by atoms with Crippen LogP contribution in [-0.4, -0.2) is 40.1 Å². The molecule has 27 heavy (non-hydrogen) atoms. The second-order valence-corrected chi connectivity index (χ2v) is 9.05. The molecule has 2 fully saturated rings. The van der Waals surface area contributed by atoms with Gasteiger partial charge in [-0.25, -0.2) is 4.98 Å². The zero-order valence-corrected chi connectivity index (χ0v) is 17.1. The monoisotopic (exact) mass is 368 g/mol. The van der Waals surface area contributed by atoms with E-state index >= 15 is 0 Å². The summed E-state index contributed by atoms with van der Waals surface area (Å²) in [6, 6.07) is 5.65. The van der Waals surface area contributed by atoms with Gasteiger partial charge in [0.25, 0.3) is 0 Å². The normalized spacial score (nSPS) is 25.5. The maximum absolute atomic E-state index is 5.83. The molecule has 2 aromatic rings. The number of fused-ring (bicyclic) bond motifs is 1. The number of piperidine rings is 1. The van der Waals surface area contributed by atoms with Crippen molar-refractivity contribution >= 4 is 11.0 Å². The first-order valence-electron chi connectivity index (χ1n) is 11.1. The van der Waals surface area contributed by atoms with Crippen molar-refractivity contribution in [3.8, 4) is 0 Å². The van der Waals surface area contributed by atoms with Crippen molar-refractivity contribution in [3.05, 3.63) is 30.1 Å². The zero-order valence-electron chi connectivity index (χ0n) is 17.1. The predicted octanol–water partition coefficient (Wildman–Crippen LogP) is 4.39. The molecular formula is C23H36N4. The Morgan fingerprint density at radius 3 is 2.48 bits per heavy atom. The molecule has 0 bridgehead atoms. The number of aromatic nitrogens is 2. The summed E-state index contributed by atoms with van der Waals surface area (Å²) in [6.45, 7) is 7.96. The van der Waals surface area contributed by atoms with Crippen molar-refractivity contribution in [2.24, 2.45) is 17.6 Å². The Labute approximate surface area is 164 Å². The zero-order chi connectivity index (χ0) is 18.8. The maximum Gasteiger partial charge on any atom is 0.140 e. The van der Waals surface area contributed by atoms with Gasteiger partial charge in [0.15, 0.2) is 0 Å². The van der Waals surface area contributed by atoms with Crippen molar-refractivity contribution in [2.45, 2.75) is 70.9 Å². The van der Waals surface area contributed by atoms with Gasteiger partial charge in [0.05, 0.1) is 0 Å². The quantitative estimate of drug-likeness (QED) is 0.851. The first kappa shape index (κ1) is 18.9. The Hall–Kier alpha value is -1.39. The first-order chi connectivity index (χ1) is 13.2. The van der Waals surface area contributed by atoms with Crippen LogP contribution >= 0.6 is 0 Å². The smallest absolute Gasteiger partial charge is 0.140 e. The molecule has 4 heteroatoms. The highest BCUT2D eigenvalue weighted by molar-refractivity contribution is 5.80. The predicted molar refractivity (Wildman–Crippen MR) is 113 cm³/mol. The van der Waals surface area contributed by atoms with Crippen LogP contribution in [0.1, 0.15) is 64.0 Å². The van der Waals surface area contributed by atoms with Gasteiger partial charge in [0, 0.05) is 43.0 Å². The molecular weight excluding hydrogens is 332 g/mol. The van der Waals surface area contributed by atoms with E-state index in [9.17, 15) is 0 Å². The standard InChI is InChI=1S/C23H36N4/c1-17(2)18-5-7-20(8-6-18)26-14-10-21(11-15-26)27-16-19(9-12-24)22-4-3-13-25-23(22)27/h3-4,13,16-18,20-21H,5-12,14-15,24H2,1-2H3. The number of rotatable bonds is 5. The van der Waals surface area contributed by atoms with E-state index in [4.69, 9.17) is 10.7 Å². The second-order valence-electron chi connectivity index (χ2n) is 9.05. The van der Waals surface area contributed by atoms with Gasteiger partial charge in [-0.05, 0) is 81.0 Å².